The molecule has 0 bridgehead atoms. The van der Waals surface area contributed by atoms with Crippen LogP contribution < -0.4 is 0 Å². The average Bonchev–Trinajstić information content (AvgIpc) is 2.48. The summed E-state index contributed by atoms with van der Waals surface area (Å²) in [6.07, 6.45) is 0. The SMILES string of the molecule is CC(=O)N(Cc1ccc(F)cc1)C(=O)c1cc(C)ccc1C. The number of hydrogen-bond donors (Lipinski definition) is 0. The normalized spacial score (nSPS) is 10.4. The fraction of sp³-hybridized carbons (Fsp3) is 0.222. The Labute approximate surface area is 129 Å². The van der Waals surface area contributed by atoms with Gasteiger partial charge in [0.1, 0.15) is 5.82 Å². The van der Waals surface area contributed by atoms with Gasteiger partial charge in [0.15, 0.2) is 0 Å². The Hall–Kier alpha value is -2.49. The highest BCUT2D eigenvalue weighted by atomic mass is 19.1. The van der Waals surface area contributed by atoms with Crippen molar-refractivity contribution in [2.45, 2.75) is 27.3 Å². The standard InChI is InChI=1S/C18H18FNO2/c1-12-4-5-13(2)17(10-12)18(22)20(14(3)21)11-15-6-8-16(19)9-7-15/h4-10H,11H2,1-3H3. The molecule has 2 amide bonds. The van der Waals surface area contributed by atoms with Gasteiger partial charge in [-0.05, 0) is 43.2 Å². The molecule has 0 spiro atoms. The van der Waals surface area contributed by atoms with E-state index in [4.69, 9.17) is 0 Å². The molecule has 0 saturated carbocycles. The van der Waals surface area contributed by atoms with Crippen LogP contribution in [0.4, 0.5) is 4.39 Å². The van der Waals surface area contributed by atoms with Crippen molar-refractivity contribution in [3.8, 4) is 0 Å². The van der Waals surface area contributed by atoms with Crippen LogP contribution in [0.3, 0.4) is 0 Å². The zero-order chi connectivity index (χ0) is 16.3. The molecule has 0 aliphatic rings. The van der Waals surface area contributed by atoms with Gasteiger partial charge in [0.2, 0.25) is 5.91 Å². The molecule has 2 rings (SSSR count). The molecule has 2 aromatic carbocycles. The highest BCUT2D eigenvalue weighted by Crippen LogP contribution is 2.16. The summed E-state index contributed by atoms with van der Waals surface area (Å²) < 4.78 is 13.0. The third kappa shape index (κ3) is 3.58. The maximum Gasteiger partial charge on any atom is 0.261 e. The number of amides is 2. The largest absolute Gasteiger partial charge is 0.275 e. The molecular weight excluding hydrogens is 281 g/mol. The van der Waals surface area contributed by atoms with Gasteiger partial charge in [0, 0.05) is 12.5 Å². The van der Waals surface area contributed by atoms with Crippen LogP contribution in [0.1, 0.15) is 34.0 Å². The first-order valence-electron chi connectivity index (χ1n) is 7.02. The van der Waals surface area contributed by atoms with Crippen LogP contribution in [0, 0.1) is 19.7 Å². The van der Waals surface area contributed by atoms with Crippen LogP contribution in [-0.2, 0) is 11.3 Å². The van der Waals surface area contributed by atoms with Crippen LogP contribution in [0.15, 0.2) is 42.5 Å². The second kappa shape index (κ2) is 6.52. The highest BCUT2D eigenvalue weighted by Gasteiger charge is 2.21. The van der Waals surface area contributed by atoms with E-state index in [1.165, 1.54) is 24.0 Å². The maximum absolute atomic E-state index is 13.0. The molecule has 3 nitrogen and oxygen atoms in total. The van der Waals surface area contributed by atoms with Crippen LogP contribution in [-0.4, -0.2) is 16.7 Å². The van der Waals surface area contributed by atoms with Gasteiger partial charge in [-0.1, -0.05) is 29.8 Å². The summed E-state index contributed by atoms with van der Waals surface area (Å²) in [6, 6.07) is 11.3. The zero-order valence-corrected chi connectivity index (χ0v) is 12.9. The van der Waals surface area contributed by atoms with Crippen molar-refractivity contribution in [1.82, 2.24) is 4.90 Å². The van der Waals surface area contributed by atoms with Crippen LogP contribution in [0.25, 0.3) is 0 Å². The molecule has 0 radical (unpaired) electrons. The minimum atomic E-state index is -0.348. The first-order valence-corrected chi connectivity index (χ1v) is 7.02. The lowest BCUT2D eigenvalue weighted by atomic mass is 10.0. The topological polar surface area (TPSA) is 37.4 Å². The second-order valence-corrected chi connectivity index (χ2v) is 5.36. The van der Waals surface area contributed by atoms with Crippen molar-refractivity contribution in [2.75, 3.05) is 0 Å². The molecule has 0 unspecified atom stereocenters. The minimum absolute atomic E-state index is 0.127. The molecule has 2 aromatic rings. The monoisotopic (exact) mass is 299 g/mol. The summed E-state index contributed by atoms with van der Waals surface area (Å²) >= 11 is 0. The Balaban J connectivity index is 2.31. The van der Waals surface area contributed by atoms with Gasteiger partial charge in [-0.2, -0.15) is 0 Å². The van der Waals surface area contributed by atoms with E-state index in [-0.39, 0.29) is 24.2 Å². The fourth-order valence-electron chi connectivity index (χ4n) is 2.21. The van der Waals surface area contributed by atoms with Gasteiger partial charge < -0.3 is 0 Å². The van der Waals surface area contributed by atoms with Crippen molar-refractivity contribution in [3.63, 3.8) is 0 Å². The molecule has 0 aliphatic carbocycles. The summed E-state index contributed by atoms with van der Waals surface area (Å²) in [5, 5.41) is 0. The summed E-state index contributed by atoms with van der Waals surface area (Å²) in [7, 11) is 0. The van der Waals surface area contributed by atoms with Crippen molar-refractivity contribution in [2.24, 2.45) is 0 Å². The van der Waals surface area contributed by atoms with E-state index >= 15 is 0 Å². The third-order valence-corrected chi connectivity index (χ3v) is 3.50. The Morgan fingerprint density at radius 3 is 2.27 bits per heavy atom. The van der Waals surface area contributed by atoms with E-state index in [1.54, 1.807) is 18.2 Å². The molecule has 22 heavy (non-hydrogen) atoms. The van der Waals surface area contributed by atoms with Gasteiger partial charge in [-0.15, -0.1) is 0 Å². The first kappa shape index (κ1) is 15.9. The van der Waals surface area contributed by atoms with E-state index in [0.717, 1.165) is 11.1 Å². The van der Waals surface area contributed by atoms with E-state index in [2.05, 4.69) is 0 Å². The summed E-state index contributed by atoms with van der Waals surface area (Å²) in [6.45, 7) is 5.21. The number of hydrogen-bond acceptors (Lipinski definition) is 2. The molecule has 0 saturated heterocycles. The summed E-state index contributed by atoms with van der Waals surface area (Å²) in [5.41, 5.74) is 2.99. The Morgan fingerprint density at radius 1 is 1.05 bits per heavy atom. The van der Waals surface area contributed by atoms with Crippen LogP contribution in [0.5, 0.6) is 0 Å². The molecular formula is C18H18FNO2. The predicted octanol–water partition coefficient (Wildman–Crippen LogP) is 3.63. The first-order chi connectivity index (χ1) is 10.4. The smallest absolute Gasteiger partial charge is 0.261 e. The quantitative estimate of drug-likeness (QED) is 0.868. The molecule has 0 N–H and O–H groups in total. The second-order valence-electron chi connectivity index (χ2n) is 5.36. The Morgan fingerprint density at radius 2 is 1.68 bits per heavy atom. The number of halogens is 1. The lowest BCUT2D eigenvalue weighted by molar-refractivity contribution is -0.126. The van der Waals surface area contributed by atoms with Gasteiger partial charge in [-0.25, -0.2) is 4.39 Å². The Kier molecular flexibility index (Phi) is 4.71. The van der Waals surface area contributed by atoms with E-state index in [1.807, 2.05) is 26.0 Å². The lowest BCUT2D eigenvalue weighted by Gasteiger charge is -2.20. The van der Waals surface area contributed by atoms with Gasteiger partial charge >= 0.3 is 0 Å². The predicted molar refractivity (Wildman–Crippen MR) is 82.9 cm³/mol. The van der Waals surface area contributed by atoms with Crippen molar-refractivity contribution in [3.05, 3.63) is 70.5 Å². The summed E-state index contributed by atoms with van der Waals surface area (Å²) in [5.74, 6) is -1.02. The lowest BCUT2D eigenvalue weighted by Crippen LogP contribution is -2.35. The van der Waals surface area contributed by atoms with Gasteiger partial charge in [-0.3, -0.25) is 14.5 Å². The van der Waals surface area contributed by atoms with E-state index in [9.17, 15) is 14.0 Å². The number of nitrogens with zero attached hydrogens (tertiary/aromatic N) is 1. The highest BCUT2D eigenvalue weighted by molar-refractivity contribution is 6.05. The zero-order valence-electron chi connectivity index (χ0n) is 12.9. The third-order valence-electron chi connectivity index (χ3n) is 3.50. The average molecular weight is 299 g/mol. The van der Waals surface area contributed by atoms with Crippen molar-refractivity contribution < 1.29 is 14.0 Å². The van der Waals surface area contributed by atoms with E-state index in [0.29, 0.717) is 11.1 Å². The van der Waals surface area contributed by atoms with Crippen molar-refractivity contribution >= 4 is 11.8 Å². The fourth-order valence-corrected chi connectivity index (χ4v) is 2.21. The maximum atomic E-state index is 13.0. The molecule has 0 atom stereocenters. The van der Waals surface area contributed by atoms with Crippen LogP contribution >= 0.6 is 0 Å². The minimum Gasteiger partial charge on any atom is -0.275 e. The number of imide groups is 1. The number of carbonyl (C=O) groups is 2. The molecule has 0 aromatic heterocycles. The summed E-state index contributed by atoms with van der Waals surface area (Å²) in [4.78, 5) is 25.7. The van der Waals surface area contributed by atoms with Crippen LogP contribution in [0.2, 0.25) is 0 Å². The number of carbonyl (C=O) groups excluding carboxylic acids is 2. The van der Waals surface area contributed by atoms with Gasteiger partial charge in [0.05, 0.1) is 6.54 Å². The Bertz CT molecular complexity index is 708. The van der Waals surface area contributed by atoms with Crippen molar-refractivity contribution in [1.29, 1.82) is 0 Å². The number of aryl methyl sites for hydroxylation is 2. The molecule has 0 aliphatic heterocycles. The van der Waals surface area contributed by atoms with Gasteiger partial charge in [0.25, 0.3) is 5.91 Å². The molecule has 4 heteroatoms. The number of rotatable bonds is 3. The molecule has 0 heterocycles. The molecule has 0 fully saturated rings. The number of benzene rings is 2. The van der Waals surface area contributed by atoms with E-state index < -0.39 is 0 Å². The molecule has 114 valence electrons.